The smallest absolute Gasteiger partial charge is 0.322 e. The maximum absolute atomic E-state index is 11.9. The Morgan fingerprint density at radius 1 is 1.32 bits per heavy atom. The van der Waals surface area contributed by atoms with Gasteiger partial charge in [-0.3, -0.25) is 4.79 Å². The minimum absolute atomic E-state index is 0.163. The summed E-state index contributed by atoms with van der Waals surface area (Å²) in [6.45, 7) is 1.97. The first-order valence-electron chi connectivity index (χ1n) is 5.79. The molecule has 0 spiro atoms. The van der Waals surface area contributed by atoms with E-state index in [4.69, 9.17) is 5.73 Å². The van der Waals surface area contributed by atoms with E-state index in [1.54, 1.807) is 31.2 Å². The number of nitrogens with two attached hydrogens (primary N) is 1. The second kappa shape index (κ2) is 6.53. The molecule has 0 atom stereocenters. The number of nitrogens with zero attached hydrogens (tertiary/aromatic N) is 1. The lowest BCUT2D eigenvalue weighted by atomic mass is 10.2. The van der Waals surface area contributed by atoms with Crippen molar-refractivity contribution in [2.45, 2.75) is 13.5 Å². The van der Waals surface area contributed by atoms with Crippen molar-refractivity contribution in [3.8, 4) is 0 Å². The molecule has 0 amide bonds. The molecular formula is C12H18N2O4S. The lowest BCUT2D eigenvalue weighted by Crippen LogP contribution is -2.32. The number of sulfonamides is 1. The predicted molar refractivity (Wildman–Crippen MR) is 72.7 cm³/mol. The van der Waals surface area contributed by atoms with Crippen molar-refractivity contribution in [2.24, 2.45) is 0 Å². The minimum Gasteiger partial charge on any atom is -0.465 e. The average molecular weight is 286 g/mol. The molecular weight excluding hydrogens is 268 g/mol. The summed E-state index contributed by atoms with van der Waals surface area (Å²) in [5.41, 5.74) is 6.96. The van der Waals surface area contributed by atoms with Crippen molar-refractivity contribution in [2.75, 3.05) is 25.1 Å². The van der Waals surface area contributed by atoms with Crippen LogP contribution >= 0.6 is 0 Å². The fourth-order valence-electron chi connectivity index (χ4n) is 1.44. The van der Waals surface area contributed by atoms with E-state index < -0.39 is 21.7 Å². The summed E-state index contributed by atoms with van der Waals surface area (Å²) in [7, 11) is -2.24. The van der Waals surface area contributed by atoms with Crippen molar-refractivity contribution in [3.05, 3.63) is 29.8 Å². The zero-order valence-electron chi connectivity index (χ0n) is 11.0. The molecule has 0 saturated heterocycles. The van der Waals surface area contributed by atoms with Crippen molar-refractivity contribution < 1.29 is 17.9 Å². The molecule has 1 aromatic carbocycles. The summed E-state index contributed by atoms with van der Waals surface area (Å²) >= 11 is 0. The van der Waals surface area contributed by atoms with Gasteiger partial charge in [0.25, 0.3) is 0 Å². The highest BCUT2D eigenvalue weighted by molar-refractivity contribution is 7.89. The number of rotatable bonds is 6. The van der Waals surface area contributed by atoms with Crippen LogP contribution in [0, 0.1) is 0 Å². The number of benzene rings is 1. The summed E-state index contributed by atoms with van der Waals surface area (Å²) in [6.07, 6.45) is 0. The monoisotopic (exact) mass is 286 g/mol. The van der Waals surface area contributed by atoms with E-state index in [1.807, 2.05) is 0 Å². The average Bonchev–Trinajstić information content (AvgIpc) is 2.31. The first kappa shape index (κ1) is 15.5. The van der Waals surface area contributed by atoms with Crippen LogP contribution in [0.5, 0.6) is 0 Å². The number of esters is 1. The van der Waals surface area contributed by atoms with Gasteiger partial charge in [-0.2, -0.15) is 0 Å². The van der Waals surface area contributed by atoms with Crippen LogP contribution in [0.1, 0.15) is 12.5 Å². The molecule has 0 fully saturated rings. The van der Waals surface area contributed by atoms with Crippen molar-refractivity contribution in [1.82, 2.24) is 4.31 Å². The lowest BCUT2D eigenvalue weighted by Gasteiger charge is -2.16. The van der Waals surface area contributed by atoms with Crippen molar-refractivity contribution >= 4 is 21.7 Å². The van der Waals surface area contributed by atoms with Gasteiger partial charge < -0.3 is 10.5 Å². The molecule has 0 aliphatic heterocycles. The molecule has 2 N–H and O–H groups in total. The largest absolute Gasteiger partial charge is 0.465 e. The van der Waals surface area contributed by atoms with Crippen LogP contribution in [-0.2, 0) is 26.1 Å². The maximum Gasteiger partial charge on any atom is 0.322 e. The number of carbonyl (C=O) groups excluding carboxylic acids is 1. The molecule has 0 unspecified atom stereocenters. The molecule has 0 aliphatic carbocycles. The topological polar surface area (TPSA) is 89.7 Å². The quantitative estimate of drug-likeness (QED) is 0.610. The second-order valence-electron chi connectivity index (χ2n) is 4.06. The normalized spacial score (nSPS) is 11.5. The molecule has 106 valence electrons. The molecule has 19 heavy (non-hydrogen) atoms. The van der Waals surface area contributed by atoms with Gasteiger partial charge in [0.15, 0.2) is 5.75 Å². The first-order chi connectivity index (χ1) is 8.85. The van der Waals surface area contributed by atoms with Crippen molar-refractivity contribution in [3.63, 3.8) is 0 Å². The van der Waals surface area contributed by atoms with Crippen LogP contribution in [-0.4, -0.2) is 38.1 Å². The summed E-state index contributed by atoms with van der Waals surface area (Å²) in [6, 6.07) is 6.87. The number of anilines is 1. The number of nitrogen functional groups attached to an aromatic ring is 1. The first-order valence-corrected chi connectivity index (χ1v) is 7.40. The van der Waals surface area contributed by atoms with Crippen LogP contribution < -0.4 is 5.73 Å². The standard InChI is InChI=1S/C12H18N2O4S/c1-3-18-12(15)9-19(16,17)14(2)8-10-4-6-11(13)7-5-10/h4-7H,3,8-9,13H2,1-2H3. The Morgan fingerprint density at radius 3 is 2.42 bits per heavy atom. The Bertz CT molecular complexity index is 525. The van der Waals surface area contributed by atoms with Crippen LogP contribution in [0.4, 0.5) is 5.69 Å². The third kappa shape index (κ3) is 4.88. The van der Waals surface area contributed by atoms with Gasteiger partial charge in [0.1, 0.15) is 0 Å². The lowest BCUT2D eigenvalue weighted by molar-refractivity contribution is -0.140. The van der Waals surface area contributed by atoms with Crippen LogP contribution in [0.2, 0.25) is 0 Å². The number of ether oxygens (including phenoxy) is 1. The summed E-state index contributed by atoms with van der Waals surface area (Å²) < 4.78 is 29.5. The van der Waals surface area contributed by atoms with Crippen LogP contribution in [0.25, 0.3) is 0 Å². The van der Waals surface area contributed by atoms with Gasteiger partial charge in [-0.25, -0.2) is 12.7 Å². The molecule has 6 nitrogen and oxygen atoms in total. The third-order valence-electron chi connectivity index (χ3n) is 2.47. The van der Waals surface area contributed by atoms with E-state index in [0.29, 0.717) is 5.69 Å². The highest BCUT2D eigenvalue weighted by Gasteiger charge is 2.22. The predicted octanol–water partition coefficient (Wildman–Crippen LogP) is 0.594. The van der Waals surface area contributed by atoms with Gasteiger partial charge >= 0.3 is 5.97 Å². The Balaban J connectivity index is 2.68. The Morgan fingerprint density at radius 2 is 1.89 bits per heavy atom. The van der Waals surface area contributed by atoms with Gasteiger partial charge in [-0.1, -0.05) is 12.1 Å². The van der Waals surface area contributed by atoms with Crippen LogP contribution in [0.15, 0.2) is 24.3 Å². The fourth-order valence-corrected chi connectivity index (χ4v) is 2.39. The molecule has 0 saturated carbocycles. The van der Waals surface area contributed by atoms with E-state index in [9.17, 15) is 13.2 Å². The number of hydrogen-bond acceptors (Lipinski definition) is 5. The van der Waals surface area contributed by atoms with E-state index in [0.717, 1.165) is 9.87 Å². The molecule has 0 heterocycles. The minimum atomic E-state index is -3.66. The van der Waals surface area contributed by atoms with Gasteiger partial charge in [0, 0.05) is 19.3 Å². The van der Waals surface area contributed by atoms with E-state index in [1.165, 1.54) is 7.05 Å². The molecule has 7 heteroatoms. The van der Waals surface area contributed by atoms with Gasteiger partial charge in [-0.15, -0.1) is 0 Å². The molecule has 1 aromatic rings. The third-order valence-corrected chi connectivity index (χ3v) is 4.14. The zero-order chi connectivity index (χ0) is 14.5. The summed E-state index contributed by atoms with van der Waals surface area (Å²) in [4.78, 5) is 11.2. The molecule has 0 aromatic heterocycles. The molecule has 0 aliphatic rings. The molecule has 1 rings (SSSR count). The number of carbonyl (C=O) groups is 1. The van der Waals surface area contributed by atoms with Crippen LogP contribution in [0.3, 0.4) is 0 Å². The van der Waals surface area contributed by atoms with Gasteiger partial charge in [0.05, 0.1) is 6.61 Å². The maximum atomic E-state index is 11.9. The van der Waals surface area contributed by atoms with Gasteiger partial charge in [-0.05, 0) is 24.6 Å². The van der Waals surface area contributed by atoms with E-state index in [-0.39, 0.29) is 13.2 Å². The van der Waals surface area contributed by atoms with Crippen molar-refractivity contribution in [1.29, 1.82) is 0 Å². The summed E-state index contributed by atoms with van der Waals surface area (Å²) in [5, 5.41) is 0. The fraction of sp³-hybridized carbons (Fsp3) is 0.417. The summed E-state index contributed by atoms with van der Waals surface area (Å²) in [5.74, 6) is -1.39. The van der Waals surface area contributed by atoms with Gasteiger partial charge in [0.2, 0.25) is 10.0 Å². The SMILES string of the molecule is CCOC(=O)CS(=O)(=O)N(C)Cc1ccc(N)cc1. The molecule has 0 bridgehead atoms. The van der Waals surface area contributed by atoms with E-state index in [2.05, 4.69) is 4.74 Å². The zero-order valence-corrected chi connectivity index (χ0v) is 11.8. The Labute approximate surface area is 113 Å². The molecule has 0 radical (unpaired) electrons. The van der Waals surface area contributed by atoms with E-state index >= 15 is 0 Å². The second-order valence-corrected chi connectivity index (χ2v) is 6.13. The highest BCUT2D eigenvalue weighted by atomic mass is 32.2. The Kier molecular flexibility index (Phi) is 5.31. The number of hydrogen-bond donors (Lipinski definition) is 1. The highest BCUT2D eigenvalue weighted by Crippen LogP contribution is 2.10. The Hall–Kier alpha value is -1.60.